The summed E-state index contributed by atoms with van der Waals surface area (Å²) in [5, 5.41) is 6.12. The SMILES string of the molecule is O=C(NC1=NCCCC1Br)Nc1ccc(Cl)cc1. The standard InChI is InChI=1S/C12H13BrClN3O/c13-10-2-1-7-15-11(10)17-12(18)16-9-5-3-8(14)4-6-9/h3-6,10H,1-2,7H2,(H2,15,16,17,18). The number of carbonyl (C=O) groups excluding carboxylic acids is 1. The highest BCUT2D eigenvalue weighted by atomic mass is 79.9. The molecule has 96 valence electrons. The van der Waals surface area contributed by atoms with Gasteiger partial charge >= 0.3 is 6.03 Å². The van der Waals surface area contributed by atoms with Crippen LogP contribution in [0.3, 0.4) is 0 Å². The smallest absolute Gasteiger partial charge is 0.308 e. The van der Waals surface area contributed by atoms with Crippen LogP contribution in [-0.2, 0) is 0 Å². The Labute approximate surface area is 119 Å². The molecule has 1 atom stereocenters. The van der Waals surface area contributed by atoms with Crippen molar-refractivity contribution in [1.29, 1.82) is 0 Å². The molecule has 2 amide bonds. The highest BCUT2D eigenvalue weighted by Gasteiger charge is 2.18. The normalized spacial score (nSPS) is 19.0. The summed E-state index contributed by atoms with van der Waals surface area (Å²) >= 11 is 9.26. The van der Waals surface area contributed by atoms with Crippen molar-refractivity contribution in [2.45, 2.75) is 17.7 Å². The van der Waals surface area contributed by atoms with Crippen molar-refractivity contribution in [3.63, 3.8) is 0 Å². The number of nitrogens with one attached hydrogen (secondary N) is 2. The van der Waals surface area contributed by atoms with E-state index in [4.69, 9.17) is 11.6 Å². The first-order valence-electron chi connectivity index (χ1n) is 5.67. The number of carbonyl (C=O) groups is 1. The molecule has 1 aromatic carbocycles. The molecule has 1 aromatic rings. The summed E-state index contributed by atoms with van der Waals surface area (Å²) in [6, 6.07) is 6.65. The largest absolute Gasteiger partial charge is 0.324 e. The van der Waals surface area contributed by atoms with Crippen molar-refractivity contribution in [3.8, 4) is 0 Å². The van der Waals surface area contributed by atoms with E-state index in [2.05, 4.69) is 31.6 Å². The van der Waals surface area contributed by atoms with Gasteiger partial charge in [-0.3, -0.25) is 10.3 Å². The molecule has 4 nitrogen and oxygen atoms in total. The van der Waals surface area contributed by atoms with E-state index in [-0.39, 0.29) is 10.9 Å². The van der Waals surface area contributed by atoms with Crippen molar-refractivity contribution >= 4 is 45.1 Å². The first kappa shape index (κ1) is 13.4. The Kier molecular flexibility index (Phi) is 4.60. The maximum atomic E-state index is 11.8. The van der Waals surface area contributed by atoms with Gasteiger partial charge < -0.3 is 5.32 Å². The number of anilines is 1. The molecule has 1 aliphatic heterocycles. The Morgan fingerprint density at radius 1 is 1.33 bits per heavy atom. The van der Waals surface area contributed by atoms with Crippen LogP contribution in [-0.4, -0.2) is 23.2 Å². The summed E-state index contributed by atoms with van der Waals surface area (Å²) in [5.41, 5.74) is 0.694. The van der Waals surface area contributed by atoms with E-state index in [1.165, 1.54) is 0 Å². The van der Waals surface area contributed by atoms with Crippen molar-refractivity contribution in [3.05, 3.63) is 29.3 Å². The lowest BCUT2D eigenvalue weighted by Gasteiger charge is -2.18. The summed E-state index contributed by atoms with van der Waals surface area (Å²) < 4.78 is 0. The number of rotatable bonds is 1. The van der Waals surface area contributed by atoms with Crippen LogP contribution in [0.4, 0.5) is 10.5 Å². The van der Waals surface area contributed by atoms with E-state index < -0.39 is 0 Å². The molecule has 1 unspecified atom stereocenters. The first-order chi connectivity index (χ1) is 8.65. The molecule has 0 bridgehead atoms. The van der Waals surface area contributed by atoms with E-state index in [9.17, 15) is 4.79 Å². The molecule has 0 spiro atoms. The Hall–Kier alpha value is -1.07. The third-order valence-electron chi connectivity index (χ3n) is 2.54. The van der Waals surface area contributed by atoms with Gasteiger partial charge in [-0.2, -0.15) is 0 Å². The zero-order valence-electron chi connectivity index (χ0n) is 9.62. The fourth-order valence-corrected chi connectivity index (χ4v) is 2.34. The number of halogens is 2. The van der Waals surface area contributed by atoms with Crippen molar-refractivity contribution < 1.29 is 4.79 Å². The minimum atomic E-state index is -0.289. The van der Waals surface area contributed by atoms with Crippen LogP contribution in [0, 0.1) is 0 Å². The Balaban J connectivity index is 1.92. The number of amidine groups is 1. The molecular formula is C12H13BrClN3O. The molecule has 0 aliphatic carbocycles. The van der Waals surface area contributed by atoms with E-state index in [0.717, 1.165) is 19.4 Å². The second kappa shape index (κ2) is 6.20. The number of nitrogens with zero attached hydrogens (tertiary/aromatic N) is 1. The zero-order chi connectivity index (χ0) is 13.0. The van der Waals surface area contributed by atoms with E-state index in [1.807, 2.05) is 0 Å². The van der Waals surface area contributed by atoms with Gasteiger partial charge in [-0.25, -0.2) is 4.79 Å². The summed E-state index contributed by atoms with van der Waals surface area (Å²) in [6.07, 6.45) is 2.03. The van der Waals surface area contributed by atoms with Crippen LogP contribution in [0.1, 0.15) is 12.8 Å². The lowest BCUT2D eigenvalue weighted by molar-refractivity contribution is 0.256. The molecule has 18 heavy (non-hydrogen) atoms. The van der Waals surface area contributed by atoms with Gasteiger partial charge in [0, 0.05) is 17.3 Å². The van der Waals surface area contributed by atoms with Gasteiger partial charge in [0.05, 0.1) is 4.83 Å². The van der Waals surface area contributed by atoms with Gasteiger partial charge in [0.1, 0.15) is 5.84 Å². The predicted octanol–water partition coefficient (Wildman–Crippen LogP) is 3.42. The molecule has 0 radical (unpaired) electrons. The Bertz CT molecular complexity index is 461. The quantitative estimate of drug-likeness (QED) is 0.762. The van der Waals surface area contributed by atoms with Crippen molar-refractivity contribution in [2.75, 3.05) is 11.9 Å². The second-order valence-corrected chi connectivity index (χ2v) is 5.50. The minimum Gasteiger partial charge on any atom is -0.308 e. The molecular weight excluding hydrogens is 318 g/mol. The maximum absolute atomic E-state index is 11.8. The van der Waals surface area contributed by atoms with Gasteiger partial charge in [-0.15, -0.1) is 0 Å². The average molecular weight is 331 g/mol. The summed E-state index contributed by atoms with van der Waals surface area (Å²) in [7, 11) is 0. The van der Waals surface area contributed by atoms with Gasteiger partial charge in [0.15, 0.2) is 0 Å². The first-order valence-corrected chi connectivity index (χ1v) is 6.96. The number of hydrogen-bond donors (Lipinski definition) is 2. The number of aliphatic imine (C=N–C) groups is 1. The molecule has 2 rings (SSSR count). The predicted molar refractivity (Wildman–Crippen MR) is 77.9 cm³/mol. The van der Waals surface area contributed by atoms with Crippen LogP contribution in [0.5, 0.6) is 0 Å². The third-order valence-corrected chi connectivity index (χ3v) is 3.68. The molecule has 6 heteroatoms. The maximum Gasteiger partial charge on any atom is 0.324 e. The fourth-order valence-electron chi connectivity index (χ4n) is 1.64. The number of alkyl halides is 1. The molecule has 0 aromatic heterocycles. The second-order valence-electron chi connectivity index (χ2n) is 3.96. The lowest BCUT2D eigenvalue weighted by Crippen LogP contribution is -2.40. The molecule has 0 saturated heterocycles. The van der Waals surface area contributed by atoms with E-state index >= 15 is 0 Å². The van der Waals surface area contributed by atoms with Gasteiger partial charge in [-0.1, -0.05) is 27.5 Å². The average Bonchev–Trinajstić information content (AvgIpc) is 2.35. The van der Waals surface area contributed by atoms with Crippen molar-refractivity contribution in [1.82, 2.24) is 5.32 Å². The van der Waals surface area contributed by atoms with Crippen LogP contribution < -0.4 is 10.6 Å². The molecule has 1 aliphatic rings. The fraction of sp³-hybridized carbons (Fsp3) is 0.333. The molecule has 1 heterocycles. The van der Waals surface area contributed by atoms with Gasteiger partial charge in [-0.05, 0) is 37.1 Å². The topological polar surface area (TPSA) is 53.5 Å². The number of benzene rings is 1. The Morgan fingerprint density at radius 2 is 2.06 bits per heavy atom. The number of hydrogen-bond acceptors (Lipinski definition) is 2. The summed E-state index contributed by atoms with van der Waals surface area (Å²) in [5.74, 6) is 0.688. The minimum absolute atomic E-state index is 0.127. The van der Waals surface area contributed by atoms with Gasteiger partial charge in [0.25, 0.3) is 0 Å². The molecule has 0 saturated carbocycles. The molecule has 2 N–H and O–H groups in total. The van der Waals surface area contributed by atoms with Crippen LogP contribution in [0.25, 0.3) is 0 Å². The lowest BCUT2D eigenvalue weighted by atomic mass is 10.2. The van der Waals surface area contributed by atoms with E-state index in [0.29, 0.717) is 16.5 Å². The third kappa shape index (κ3) is 3.71. The highest BCUT2D eigenvalue weighted by Crippen LogP contribution is 2.15. The molecule has 0 fully saturated rings. The van der Waals surface area contributed by atoms with Crippen LogP contribution in [0.2, 0.25) is 5.02 Å². The summed E-state index contributed by atoms with van der Waals surface area (Å²) in [6.45, 7) is 0.763. The van der Waals surface area contributed by atoms with Crippen LogP contribution >= 0.6 is 27.5 Å². The number of urea groups is 1. The summed E-state index contributed by atoms with van der Waals surface area (Å²) in [4.78, 5) is 16.2. The highest BCUT2D eigenvalue weighted by molar-refractivity contribution is 9.10. The van der Waals surface area contributed by atoms with Gasteiger partial charge in [0.2, 0.25) is 0 Å². The van der Waals surface area contributed by atoms with Crippen LogP contribution in [0.15, 0.2) is 29.3 Å². The number of amides is 2. The van der Waals surface area contributed by atoms with Crippen molar-refractivity contribution in [2.24, 2.45) is 4.99 Å². The van der Waals surface area contributed by atoms with E-state index in [1.54, 1.807) is 24.3 Å². The zero-order valence-corrected chi connectivity index (χ0v) is 12.0. The monoisotopic (exact) mass is 329 g/mol. The Morgan fingerprint density at radius 3 is 2.72 bits per heavy atom.